The first-order valence-corrected chi connectivity index (χ1v) is 10.2. The van der Waals surface area contributed by atoms with Crippen LogP contribution in [0.25, 0.3) is 0 Å². The molecular weight excluding hydrogens is 376 g/mol. The van der Waals surface area contributed by atoms with Gasteiger partial charge >= 0.3 is 0 Å². The van der Waals surface area contributed by atoms with Crippen LogP contribution in [0.2, 0.25) is 0 Å². The maximum atomic E-state index is 14.4. The fourth-order valence-corrected chi connectivity index (χ4v) is 6.00. The van der Waals surface area contributed by atoms with E-state index in [1.54, 1.807) is 0 Å². The molecule has 0 aliphatic heterocycles. The van der Waals surface area contributed by atoms with E-state index in [9.17, 15) is 13.6 Å². The van der Waals surface area contributed by atoms with Crippen LogP contribution in [-0.4, -0.2) is 26.4 Å². The Kier molecular flexibility index (Phi) is 4.44. The minimum absolute atomic E-state index is 0.0739. The average molecular weight is 399 g/mol. The molecule has 1 aromatic carbocycles. The molecule has 29 heavy (non-hydrogen) atoms. The Balaban J connectivity index is 1.41. The van der Waals surface area contributed by atoms with E-state index in [2.05, 4.69) is 20.6 Å². The van der Waals surface area contributed by atoms with Gasteiger partial charge in [0.05, 0.1) is 17.7 Å². The van der Waals surface area contributed by atoms with E-state index in [1.165, 1.54) is 48.7 Å². The smallest absolute Gasteiger partial charge is 0.246 e. The van der Waals surface area contributed by atoms with Crippen LogP contribution in [-0.2, 0) is 11.3 Å². The fourth-order valence-electron chi connectivity index (χ4n) is 6.00. The summed E-state index contributed by atoms with van der Waals surface area (Å²) < 4.78 is 29.2. The van der Waals surface area contributed by atoms with Crippen molar-refractivity contribution in [3.05, 3.63) is 48.1 Å². The molecule has 4 bridgehead atoms. The zero-order valence-corrected chi connectivity index (χ0v) is 16.0. The van der Waals surface area contributed by atoms with Crippen molar-refractivity contribution >= 4 is 11.6 Å². The summed E-state index contributed by atoms with van der Waals surface area (Å²) in [5.41, 5.74) is 2.77. The molecule has 0 atom stereocenters. The van der Waals surface area contributed by atoms with Crippen molar-refractivity contribution in [3.63, 3.8) is 0 Å². The molecule has 0 unspecified atom stereocenters. The highest BCUT2D eigenvalue weighted by molar-refractivity contribution is 6.01. The zero-order valence-electron chi connectivity index (χ0n) is 16.0. The average Bonchev–Trinajstić information content (AvgIpc) is 3.17. The van der Waals surface area contributed by atoms with Crippen molar-refractivity contribution in [1.29, 1.82) is 0 Å². The Labute approximate surface area is 167 Å². The number of halogens is 2. The van der Waals surface area contributed by atoms with E-state index < -0.39 is 11.6 Å². The zero-order chi connectivity index (χ0) is 20.0. The topological polar surface area (TPSA) is 72.2 Å². The standard InChI is InChI=1S/C21H23F2N5O/c22-16-1-2-17(18(23)6-16)19(10-28-12-24-11-25-28)26-27-20(29)21-7-13-3-14(8-21)5-15(4-13)9-21/h1-2,6,11-15H,3-5,7-10H2,(H,27,29)/b26-19-. The number of carbonyl (C=O) groups is 1. The highest BCUT2D eigenvalue weighted by atomic mass is 19.1. The summed E-state index contributed by atoms with van der Waals surface area (Å²) in [6.45, 7) is 0.115. The molecule has 8 heteroatoms. The number of aromatic nitrogens is 3. The maximum absolute atomic E-state index is 14.4. The molecule has 1 aromatic heterocycles. The fraction of sp³-hybridized carbons (Fsp3) is 0.524. The number of nitrogens with zero attached hydrogens (tertiary/aromatic N) is 4. The number of hydrogen-bond acceptors (Lipinski definition) is 4. The first-order valence-electron chi connectivity index (χ1n) is 10.2. The van der Waals surface area contributed by atoms with Crippen molar-refractivity contribution in [2.75, 3.05) is 0 Å². The number of carbonyl (C=O) groups excluding carboxylic acids is 1. The molecule has 4 fully saturated rings. The first kappa shape index (κ1) is 18.4. The Morgan fingerprint density at radius 2 is 1.86 bits per heavy atom. The Morgan fingerprint density at radius 3 is 2.45 bits per heavy atom. The summed E-state index contributed by atoms with van der Waals surface area (Å²) in [5.74, 6) is 0.451. The highest BCUT2D eigenvalue weighted by Gasteiger charge is 2.54. The van der Waals surface area contributed by atoms with Crippen LogP contribution in [0.5, 0.6) is 0 Å². The van der Waals surface area contributed by atoms with Gasteiger partial charge in [-0.05, 0) is 68.4 Å². The van der Waals surface area contributed by atoms with E-state index in [-0.39, 0.29) is 29.1 Å². The molecule has 0 saturated heterocycles. The molecule has 0 radical (unpaired) electrons. The van der Waals surface area contributed by atoms with Gasteiger partial charge in [-0.3, -0.25) is 4.79 Å². The normalized spacial score (nSPS) is 30.6. The number of hydrogen-bond donors (Lipinski definition) is 1. The second-order valence-electron chi connectivity index (χ2n) is 8.91. The van der Waals surface area contributed by atoms with Crippen LogP contribution in [0.1, 0.15) is 44.1 Å². The van der Waals surface area contributed by atoms with Gasteiger partial charge in [0.1, 0.15) is 24.3 Å². The van der Waals surface area contributed by atoms with E-state index in [0.717, 1.165) is 25.3 Å². The van der Waals surface area contributed by atoms with Crippen LogP contribution >= 0.6 is 0 Å². The molecule has 1 heterocycles. The lowest BCUT2D eigenvalue weighted by Gasteiger charge is -2.55. The van der Waals surface area contributed by atoms with E-state index >= 15 is 0 Å². The van der Waals surface area contributed by atoms with Crippen molar-refractivity contribution in [2.24, 2.45) is 28.3 Å². The van der Waals surface area contributed by atoms with Crippen LogP contribution in [0.4, 0.5) is 8.78 Å². The van der Waals surface area contributed by atoms with Crippen LogP contribution in [0, 0.1) is 34.8 Å². The molecule has 0 spiro atoms. The van der Waals surface area contributed by atoms with E-state index in [0.29, 0.717) is 17.8 Å². The summed E-state index contributed by atoms with van der Waals surface area (Å²) in [5, 5.41) is 8.31. The van der Waals surface area contributed by atoms with Crippen LogP contribution in [0.15, 0.2) is 36.0 Å². The molecule has 4 saturated carbocycles. The Bertz CT molecular complexity index is 921. The van der Waals surface area contributed by atoms with Gasteiger partial charge in [0.2, 0.25) is 5.91 Å². The number of hydrazone groups is 1. The second kappa shape index (κ2) is 7.00. The molecule has 2 aromatic rings. The van der Waals surface area contributed by atoms with Gasteiger partial charge in [-0.2, -0.15) is 10.2 Å². The number of benzene rings is 1. The summed E-state index contributed by atoms with van der Waals surface area (Å²) >= 11 is 0. The van der Waals surface area contributed by atoms with Gasteiger partial charge in [-0.25, -0.2) is 23.9 Å². The van der Waals surface area contributed by atoms with Crippen LogP contribution < -0.4 is 5.43 Å². The lowest BCUT2D eigenvalue weighted by atomic mass is 9.49. The lowest BCUT2D eigenvalue weighted by Crippen LogP contribution is -2.53. The quantitative estimate of drug-likeness (QED) is 0.619. The second-order valence-corrected chi connectivity index (χ2v) is 8.91. The monoisotopic (exact) mass is 399 g/mol. The minimum atomic E-state index is -0.729. The summed E-state index contributed by atoms with van der Waals surface area (Å²) in [6.07, 6.45) is 9.35. The molecule has 1 N–H and O–H groups in total. The number of amides is 1. The third kappa shape index (κ3) is 3.45. The largest absolute Gasteiger partial charge is 0.273 e. The molecule has 4 aliphatic rings. The Hall–Kier alpha value is -2.64. The van der Waals surface area contributed by atoms with Gasteiger partial charge in [0.15, 0.2) is 0 Å². The molecule has 6 nitrogen and oxygen atoms in total. The third-order valence-electron chi connectivity index (χ3n) is 6.83. The molecule has 1 amide bonds. The molecule has 4 aliphatic carbocycles. The Morgan fingerprint density at radius 1 is 1.17 bits per heavy atom. The molecule has 152 valence electrons. The van der Waals surface area contributed by atoms with Crippen molar-refractivity contribution in [2.45, 2.75) is 45.1 Å². The lowest BCUT2D eigenvalue weighted by molar-refractivity contribution is -0.146. The van der Waals surface area contributed by atoms with Crippen molar-refractivity contribution in [3.8, 4) is 0 Å². The number of nitrogens with one attached hydrogen (secondary N) is 1. The third-order valence-corrected chi connectivity index (χ3v) is 6.83. The predicted octanol–water partition coefficient (Wildman–Crippen LogP) is 3.29. The van der Waals surface area contributed by atoms with Crippen molar-refractivity contribution in [1.82, 2.24) is 20.2 Å². The minimum Gasteiger partial charge on any atom is -0.273 e. The molecule has 6 rings (SSSR count). The summed E-state index contributed by atoms with van der Waals surface area (Å²) in [4.78, 5) is 17.1. The molecular formula is C21H23F2N5O. The van der Waals surface area contributed by atoms with Gasteiger partial charge < -0.3 is 0 Å². The van der Waals surface area contributed by atoms with Crippen molar-refractivity contribution < 1.29 is 13.6 Å². The van der Waals surface area contributed by atoms with Gasteiger partial charge in [-0.15, -0.1) is 0 Å². The first-order chi connectivity index (χ1) is 14.0. The van der Waals surface area contributed by atoms with E-state index in [1.807, 2.05) is 0 Å². The number of rotatable bonds is 5. The van der Waals surface area contributed by atoms with Gasteiger partial charge in [-0.1, -0.05) is 0 Å². The van der Waals surface area contributed by atoms with E-state index in [4.69, 9.17) is 0 Å². The predicted molar refractivity (Wildman–Crippen MR) is 102 cm³/mol. The highest BCUT2D eigenvalue weighted by Crippen LogP contribution is 2.60. The van der Waals surface area contributed by atoms with Gasteiger partial charge in [0, 0.05) is 11.6 Å². The van der Waals surface area contributed by atoms with Gasteiger partial charge in [0.25, 0.3) is 0 Å². The van der Waals surface area contributed by atoms with Crippen LogP contribution in [0.3, 0.4) is 0 Å². The SMILES string of the molecule is O=C(N/N=C(/Cn1cncn1)c1ccc(F)cc1F)C12CC3CC(CC(C3)C1)C2. The maximum Gasteiger partial charge on any atom is 0.246 e. The summed E-state index contributed by atoms with van der Waals surface area (Å²) in [7, 11) is 0. The summed E-state index contributed by atoms with van der Waals surface area (Å²) in [6, 6.07) is 3.32.